The van der Waals surface area contributed by atoms with E-state index in [0.29, 0.717) is 12.5 Å². The molecule has 0 aliphatic rings. The fourth-order valence-corrected chi connectivity index (χ4v) is 2.23. The van der Waals surface area contributed by atoms with Crippen LogP contribution in [0.4, 0.5) is 5.95 Å². The zero-order valence-electron chi connectivity index (χ0n) is 14.6. The van der Waals surface area contributed by atoms with Crippen molar-refractivity contribution in [2.75, 3.05) is 5.32 Å². The van der Waals surface area contributed by atoms with Gasteiger partial charge in [0.1, 0.15) is 0 Å². The SMILES string of the molecule is CCCn1nnc(NC(=S)NC(=O)/C=C\c2ccc(C(C)C)cc2)n1. The second-order valence-electron chi connectivity index (χ2n) is 5.81. The quantitative estimate of drug-likeness (QED) is 0.610. The first-order valence-electron chi connectivity index (χ1n) is 8.15. The summed E-state index contributed by atoms with van der Waals surface area (Å²) in [6.45, 7) is 6.97. The summed E-state index contributed by atoms with van der Waals surface area (Å²) in [7, 11) is 0. The molecule has 0 bridgehead atoms. The Bertz CT molecular complexity index is 751. The first-order chi connectivity index (χ1) is 12.0. The second-order valence-corrected chi connectivity index (χ2v) is 6.22. The number of hydrogen-bond acceptors (Lipinski definition) is 5. The Morgan fingerprint density at radius 1 is 1.32 bits per heavy atom. The maximum atomic E-state index is 11.9. The number of aryl methyl sites for hydroxylation is 1. The third-order valence-corrected chi connectivity index (χ3v) is 3.57. The van der Waals surface area contributed by atoms with E-state index in [4.69, 9.17) is 12.2 Å². The Morgan fingerprint density at radius 3 is 2.68 bits per heavy atom. The summed E-state index contributed by atoms with van der Waals surface area (Å²) in [5.41, 5.74) is 2.21. The number of amides is 1. The maximum absolute atomic E-state index is 11.9. The normalized spacial score (nSPS) is 11.0. The molecule has 0 fully saturated rings. The van der Waals surface area contributed by atoms with Gasteiger partial charge in [0.25, 0.3) is 5.95 Å². The van der Waals surface area contributed by atoms with Crippen LogP contribution in [0.1, 0.15) is 44.2 Å². The van der Waals surface area contributed by atoms with E-state index in [1.54, 1.807) is 6.08 Å². The molecule has 2 N–H and O–H groups in total. The molecule has 1 amide bonds. The van der Waals surface area contributed by atoms with Gasteiger partial charge in [-0.25, -0.2) is 0 Å². The molecule has 25 heavy (non-hydrogen) atoms. The predicted octanol–water partition coefficient (Wildman–Crippen LogP) is 2.73. The van der Waals surface area contributed by atoms with Crippen molar-refractivity contribution in [1.29, 1.82) is 0 Å². The number of rotatable bonds is 6. The summed E-state index contributed by atoms with van der Waals surface area (Å²) in [5.74, 6) is 0.409. The van der Waals surface area contributed by atoms with Gasteiger partial charge in [0.05, 0.1) is 6.54 Å². The molecule has 0 aliphatic carbocycles. The fourth-order valence-electron chi connectivity index (χ4n) is 2.04. The van der Waals surface area contributed by atoms with Crippen molar-refractivity contribution in [3.63, 3.8) is 0 Å². The van der Waals surface area contributed by atoms with E-state index >= 15 is 0 Å². The third kappa shape index (κ3) is 6.07. The lowest BCUT2D eigenvalue weighted by atomic mass is 10.0. The monoisotopic (exact) mass is 358 g/mol. The molecule has 0 saturated heterocycles. The van der Waals surface area contributed by atoms with E-state index in [2.05, 4.69) is 52.0 Å². The van der Waals surface area contributed by atoms with Crippen LogP contribution in [0.25, 0.3) is 6.08 Å². The minimum atomic E-state index is -0.327. The average Bonchev–Trinajstić information content (AvgIpc) is 3.00. The molecule has 8 heteroatoms. The molecular weight excluding hydrogens is 336 g/mol. The molecular formula is C17H22N6OS. The minimum Gasteiger partial charge on any atom is -0.299 e. The molecule has 7 nitrogen and oxygen atoms in total. The van der Waals surface area contributed by atoms with Gasteiger partial charge in [0, 0.05) is 6.08 Å². The van der Waals surface area contributed by atoms with Crippen molar-refractivity contribution in [2.24, 2.45) is 0 Å². The molecule has 2 rings (SSSR count). The Labute approximate surface area is 152 Å². The number of benzene rings is 1. The minimum absolute atomic E-state index is 0.126. The van der Waals surface area contributed by atoms with Gasteiger partial charge in [-0.2, -0.15) is 4.80 Å². The van der Waals surface area contributed by atoms with Crippen molar-refractivity contribution >= 4 is 35.3 Å². The smallest absolute Gasteiger partial charge is 0.269 e. The lowest BCUT2D eigenvalue weighted by Crippen LogP contribution is -2.33. The van der Waals surface area contributed by atoms with Crippen molar-refractivity contribution in [3.8, 4) is 0 Å². The molecule has 0 atom stereocenters. The summed E-state index contributed by atoms with van der Waals surface area (Å²) in [6.07, 6.45) is 4.07. The molecule has 0 saturated carbocycles. The van der Waals surface area contributed by atoms with E-state index < -0.39 is 0 Å². The Balaban J connectivity index is 1.84. The van der Waals surface area contributed by atoms with E-state index in [1.165, 1.54) is 16.4 Å². The second kappa shape index (κ2) is 9.03. The highest BCUT2D eigenvalue weighted by molar-refractivity contribution is 7.80. The Kier molecular flexibility index (Phi) is 6.76. The third-order valence-electron chi connectivity index (χ3n) is 3.37. The number of carbonyl (C=O) groups excluding carboxylic acids is 1. The summed E-state index contributed by atoms with van der Waals surface area (Å²) < 4.78 is 0. The van der Waals surface area contributed by atoms with Gasteiger partial charge < -0.3 is 0 Å². The number of hydrogen-bond donors (Lipinski definition) is 2. The average molecular weight is 358 g/mol. The van der Waals surface area contributed by atoms with Crippen LogP contribution in [0.2, 0.25) is 0 Å². The van der Waals surface area contributed by atoms with Crippen LogP contribution in [0.5, 0.6) is 0 Å². The Morgan fingerprint density at radius 2 is 2.04 bits per heavy atom. The van der Waals surface area contributed by atoms with Crippen LogP contribution in [-0.4, -0.2) is 31.2 Å². The first kappa shape index (κ1) is 18.7. The highest BCUT2D eigenvalue weighted by atomic mass is 32.1. The first-order valence-corrected chi connectivity index (χ1v) is 8.56. The summed E-state index contributed by atoms with van der Waals surface area (Å²) >= 11 is 5.07. The molecule has 0 unspecified atom stereocenters. The van der Waals surface area contributed by atoms with Crippen molar-refractivity contribution in [1.82, 2.24) is 25.5 Å². The number of nitrogens with one attached hydrogen (secondary N) is 2. The largest absolute Gasteiger partial charge is 0.299 e. The molecule has 0 aliphatic heterocycles. The van der Waals surface area contributed by atoms with Gasteiger partial charge in [-0.3, -0.25) is 15.4 Å². The van der Waals surface area contributed by atoms with Gasteiger partial charge in [-0.1, -0.05) is 50.1 Å². The molecule has 1 aromatic carbocycles. The lowest BCUT2D eigenvalue weighted by molar-refractivity contribution is -0.115. The van der Waals surface area contributed by atoms with Gasteiger partial charge >= 0.3 is 0 Å². The van der Waals surface area contributed by atoms with Gasteiger partial charge in [0.2, 0.25) is 5.91 Å². The molecule has 0 spiro atoms. The topological polar surface area (TPSA) is 84.7 Å². The van der Waals surface area contributed by atoms with E-state index in [-0.39, 0.29) is 17.0 Å². The molecule has 2 aromatic rings. The van der Waals surface area contributed by atoms with Crippen LogP contribution in [0.3, 0.4) is 0 Å². The summed E-state index contributed by atoms with van der Waals surface area (Å²) in [6, 6.07) is 8.07. The number of aromatic nitrogens is 4. The predicted molar refractivity (Wildman–Crippen MR) is 102 cm³/mol. The van der Waals surface area contributed by atoms with Crippen molar-refractivity contribution in [3.05, 3.63) is 41.5 Å². The van der Waals surface area contributed by atoms with Crippen molar-refractivity contribution in [2.45, 2.75) is 39.7 Å². The van der Waals surface area contributed by atoms with Gasteiger partial charge in [-0.15, -0.1) is 5.10 Å². The fraction of sp³-hybridized carbons (Fsp3) is 0.353. The number of tetrazole rings is 1. The lowest BCUT2D eigenvalue weighted by Gasteiger charge is -2.05. The van der Waals surface area contributed by atoms with Crippen LogP contribution in [0.15, 0.2) is 30.3 Å². The van der Waals surface area contributed by atoms with Gasteiger partial charge in [-0.05, 0) is 47.0 Å². The molecule has 132 valence electrons. The highest BCUT2D eigenvalue weighted by Gasteiger charge is 2.06. The van der Waals surface area contributed by atoms with E-state index in [0.717, 1.165) is 12.0 Å². The zero-order chi connectivity index (χ0) is 18.2. The van der Waals surface area contributed by atoms with E-state index in [1.807, 2.05) is 19.1 Å². The summed E-state index contributed by atoms with van der Waals surface area (Å²) in [4.78, 5) is 13.4. The number of nitrogens with zero attached hydrogens (tertiary/aromatic N) is 4. The van der Waals surface area contributed by atoms with Crippen LogP contribution in [-0.2, 0) is 11.3 Å². The molecule has 1 aromatic heterocycles. The van der Waals surface area contributed by atoms with Crippen LogP contribution < -0.4 is 10.6 Å². The number of thiocarbonyl (C=S) groups is 1. The van der Waals surface area contributed by atoms with Crippen LogP contribution in [0, 0.1) is 0 Å². The number of anilines is 1. The summed E-state index contributed by atoms with van der Waals surface area (Å²) in [5, 5.41) is 17.2. The maximum Gasteiger partial charge on any atom is 0.269 e. The Hall–Kier alpha value is -2.61. The van der Waals surface area contributed by atoms with E-state index in [9.17, 15) is 4.79 Å². The number of carbonyl (C=O) groups is 1. The van der Waals surface area contributed by atoms with Crippen molar-refractivity contribution < 1.29 is 4.79 Å². The van der Waals surface area contributed by atoms with Gasteiger partial charge in [0.15, 0.2) is 5.11 Å². The standard InChI is InChI=1S/C17H22N6OS/c1-4-11-23-21-16(20-22-23)19-17(25)18-15(24)10-7-13-5-8-14(9-6-13)12(2)3/h5-10,12H,4,11H2,1-3H3,(H2,18,19,21,24,25)/b10-7-. The molecule has 1 heterocycles. The zero-order valence-corrected chi connectivity index (χ0v) is 15.4. The van der Waals surface area contributed by atoms with Crippen LogP contribution >= 0.6 is 12.2 Å². The highest BCUT2D eigenvalue weighted by Crippen LogP contribution is 2.15. The molecule has 0 radical (unpaired) electrons.